The van der Waals surface area contributed by atoms with Crippen LogP contribution in [-0.4, -0.2) is 340 Å². The highest BCUT2D eigenvalue weighted by Gasteiger charge is 2.55. The summed E-state index contributed by atoms with van der Waals surface area (Å²) in [5.74, 6) is -11.8. The van der Waals surface area contributed by atoms with Gasteiger partial charge < -0.3 is 144 Å². The molecule has 3 aliphatic rings. The molecule has 3 saturated heterocycles. The van der Waals surface area contributed by atoms with Crippen molar-refractivity contribution in [1.29, 1.82) is 0 Å². The van der Waals surface area contributed by atoms with Crippen LogP contribution in [0.4, 0.5) is 0 Å². The molecule has 3 rings (SSSR count). The monoisotopic (exact) mass is 2000 g/mol. The molecule has 0 aromatic heterocycles. The number of carbonyl (C=O) groups is 20. The summed E-state index contributed by atoms with van der Waals surface area (Å²) < 4.78 is 103. The van der Waals surface area contributed by atoms with Crippen molar-refractivity contribution < 1.29 is 186 Å². The molecule has 15 atom stereocenters. The fraction of sp³-hybridized carbons (Fsp3) is 0.780. The average molecular weight is 2010 g/mol. The Morgan fingerprint density at radius 2 is 0.486 bits per heavy atom. The molecule has 0 radical (unpaired) electrons. The van der Waals surface area contributed by atoms with Crippen LogP contribution < -0.4 is 53.2 Å². The van der Waals surface area contributed by atoms with Gasteiger partial charge in [0.15, 0.2) is 55.5 Å². The number of nitrogens with one attached hydrogen (secondary N) is 10. The molecule has 0 aromatic rings. The molecule has 140 heavy (non-hydrogen) atoms. The minimum Gasteiger partial charge on any atom is -0.481 e. The minimum absolute atomic E-state index is 0.0172. The van der Waals surface area contributed by atoms with Crippen molar-refractivity contribution in [2.75, 3.05) is 119 Å². The van der Waals surface area contributed by atoms with Crippen molar-refractivity contribution in [3.05, 3.63) is 0 Å². The van der Waals surface area contributed by atoms with Gasteiger partial charge >= 0.3 is 59.7 Å². The van der Waals surface area contributed by atoms with E-state index < -0.39 is 218 Å². The molecule has 0 aliphatic carbocycles. The molecule has 3 fully saturated rings. The molecule has 11 N–H and O–H groups in total. The van der Waals surface area contributed by atoms with Crippen LogP contribution in [0.3, 0.4) is 0 Å². The van der Waals surface area contributed by atoms with E-state index in [1.165, 1.54) is 20.8 Å². The van der Waals surface area contributed by atoms with Crippen molar-refractivity contribution in [3.63, 3.8) is 0 Å². The molecule has 796 valence electrons. The van der Waals surface area contributed by atoms with E-state index in [2.05, 4.69) is 53.2 Å². The van der Waals surface area contributed by atoms with Gasteiger partial charge in [-0.15, -0.1) is 0 Å². The van der Waals surface area contributed by atoms with Gasteiger partial charge in [-0.1, -0.05) is 38.5 Å². The third-order valence-electron chi connectivity index (χ3n) is 21.0. The van der Waals surface area contributed by atoms with Crippen molar-refractivity contribution in [3.8, 4) is 0 Å². The van der Waals surface area contributed by atoms with Crippen LogP contribution in [0, 0.1) is 0 Å². The number of unbranched alkanes of at least 4 members (excludes halogenated alkanes) is 10. The number of amides is 10. The normalized spacial score (nSPS) is 21.2. The topological polar surface area (TPSA) is 648 Å². The van der Waals surface area contributed by atoms with Crippen molar-refractivity contribution in [1.82, 2.24) is 53.2 Å². The quantitative estimate of drug-likeness (QED) is 0.0224. The van der Waals surface area contributed by atoms with E-state index in [9.17, 15) is 95.9 Å². The Bertz CT molecular complexity index is 3570. The second-order valence-electron chi connectivity index (χ2n) is 33.8. The number of carboxylic acids is 1. The van der Waals surface area contributed by atoms with E-state index in [-0.39, 0.29) is 168 Å². The maximum atomic E-state index is 14.1. The molecule has 6 unspecified atom stereocenters. The van der Waals surface area contributed by atoms with Crippen LogP contribution in [0.1, 0.15) is 244 Å². The molecule has 0 bridgehead atoms. The molecule has 3 heterocycles. The Hall–Kier alpha value is -11.0. The number of rotatable bonds is 72. The summed E-state index contributed by atoms with van der Waals surface area (Å²) in [6, 6.07) is -3.53. The Labute approximate surface area is 814 Å². The van der Waals surface area contributed by atoms with Crippen LogP contribution >= 0.6 is 0 Å². The second kappa shape index (κ2) is 70.6. The van der Waals surface area contributed by atoms with Crippen molar-refractivity contribution in [2.45, 2.75) is 341 Å². The van der Waals surface area contributed by atoms with Gasteiger partial charge in [0.05, 0.1) is 39.6 Å². The zero-order valence-corrected chi connectivity index (χ0v) is 82.5. The van der Waals surface area contributed by atoms with Crippen LogP contribution in [0.5, 0.6) is 0 Å². The summed E-state index contributed by atoms with van der Waals surface area (Å²) in [6.07, 6.45) is -6.54. The van der Waals surface area contributed by atoms with Gasteiger partial charge in [-0.3, -0.25) is 95.9 Å². The van der Waals surface area contributed by atoms with E-state index in [0.717, 1.165) is 94.4 Å². The largest absolute Gasteiger partial charge is 0.481 e. The SMILES string of the molecule is CC(=O)NC1[C@H](OCCCCC(=O)NCCCNC(=O)CCOCC(COCCC(=O)NCCCNC(=O)CCCCO[C@@H]2OC(COC(C)=O)[C@H](OC(C)=O)[C@H](OC(C)=O)C2NC(C)=O)(COCCC(=O)NCCCNC(=O)CCCCO[C@@H]2OC(COC(C)=O)[C@H](OC(C)=O)[C@H](OC(C)=O)C2NC(C)=O)NC(=O)CCCCCCCCCCC(=O)O)OC(COC(C)=O)[C@H](OC(C)=O)[C@@H]1OC(C)=O. The van der Waals surface area contributed by atoms with Crippen molar-refractivity contribution in [2.24, 2.45) is 0 Å². The van der Waals surface area contributed by atoms with Gasteiger partial charge in [-0.25, -0.2) is 0 Å². The van der Waals surface area contributed by atoms with E-state index in [4.69, 9.17) is 90.4 Å². The molecule has 0 spiro atoms. The summed E-state index contributed by atoms with van der Waals surface area (Å²) in [4.78, 5) is 249. The summed E-state index contributed by atoms with van der Waals surface area (Å²) in [5.41, 5.74) is -1.49. The summed E-state index contributed by atoms with van der Waals surface area (Å²) >= 11 is 0. The average Bonchev–Trinajstić information content (AvgIpc) is 0.793. The van der Waals surface area contributed by atoms with Crippen LogP contribution in [-0.2, 0) is 181 Å². The smallest absolute Gasteiger partial charge is 0.303 e. The first-order valence-electron chi connectivity index (χ1n) is 47.5. The Balaban J connectivity index is 1.67. The third kappa shape index (κ3) is 55.9. The molecule has 49 nitrogen and oxygen atoms in total. The molecule has 3 aliphatic heterocycles. The molecular weight excluding hydrogens is 1860 g/mol. The lowest BCUT2D eigenvalue weighted by Crippen LogP contribution is -2.66. The maximum absolute atomic E-state index is 14.1. The lowest BCUT2D eigenvalue weighted by molar-refractivity contribution is -0.277. The fourth-order valence-electron chi connectivity index (χ4n) is 14.7. The van der Waals surface area contributed by atoms with Gasteiger partial charge in [0.2, 0.25) is 59.1 Å². The number of aliphatic carboxylic acids is 1. The van der Waals surface area contributed by atoms with E-state index >= 15 is 0 Å². The van der Waals surface area contributed by atoms with Crippen molar-refractivity contribution >= 4 is 119 Å². The van der Waals surface area contributed by atoms with Gasteiger partial charge in [-0.2, -0.15) is 0 Å². The summed E-state index contributed by atoms with van der Waals surface area (Å²) in [5, 5.41) is 36.6. The van der Waals surface area contributed by atoms with Crippen LogP contribution in [0.25, 0.3) is 0 Å². The predicted molar refractivity (Wildman–Crippen MR) is 484 cm³/mol. The third-order valence-corrected chi connectivity index (χ3v) is 21.0. The Morgan fingerprint density at radius 1 is 0.257 bits per heavy atom. The van der Waals surface area contributed by atoms with E-state index in [1.54, 1.807) is 0 Å². The van der Waals surface area contributed by atoms with Gasteiger partial charge in [0.25, 0.3) is 0 Å². The first-order valence-corrected chi connectivity index (χ1v) is 47.5. The van der Waals surface area contributed by atoms with Gasteiger partial charge in [0.1, 0.15) is 61.8 Å². The highest BCUT2D eigenvalue weighted by Crippen LogP contribution is 2.32. The number of ether oxygens (including phenoxy) is 18. The zero-order chi connectivity index (χ0) is 104. The first kappa shape index (κ1) is 123. The highest BCUT2D eigenvalue weighted by molar-refractivity contribution is 5.80. The van der Waals surface area contributed by atoms with E-state index in [0.29, 0.717) is 77.0 Å². The van der Waals surface area contributed by atoms with E-state index in [1.807, 2.05) is 0 Å². The first-order chi connectivity index (χ1) is 66.6. The number of carboxylic acid groups (broad SMARTS) is 1. The summed E-state index contributed by atoms with van der Waals surface area (Å²) in [6.45, 7) is 12.0. The molecule has 49 heteroatoms. The molecule has 0 aromatic carbocycles. The lowest BCUT2D eigenvalue weighted by atomic mass is 9.96. The standard InChI is InChI=1S/C91H148N10O39/c1-56(102)98-79-85(135-65(10)111)82(132-62(7)108)68(50-129-59(4)105)138-88(79)126-44-24-21-30-71(114)92-38-27-41-95-74(117)35-47-123-53-91(101-77(120)33-19-17-15-13-14-16-18-20-34-78(121)122,54-124-48-36-75(118)96-42-28-39-93-72(115)31-22-25-45-127-89-80(99-57(2)103)86(136-66(11)112)83(133-63(8)109)69(139-89)51-130-60(5)106)55-125-49-37-76(119)97-43-29-40-94-73(116)32-23-26-46-128-90-81(100-58(3)104)87(137-67(12)113)84(134-64(9)110)70(140-90)52-131-61(6)107/h68-70,79-90H,13-55H2,1-12H3,(H,92,114)(H,93,115)(H,94,116)(H,95,117)(H,96,118)(H,97,119)(H,98,102)(H,99,103)(H,100,104)(H,101,120)(H,121,122)/t68?,69?,70?,79?,80?,81?,82-,83-,84-,85+,86+,87+,88+,89+,90+,91?/m0/s1. The number of hydrogen-bond acceptors (Lipinski definition) is 38. The van der Waals surface area contributed by atoms with Gasteiger partial charge in [0, 0.05) is 194 Å². The summed E-state index contributed by atoms with van der Waals surface area (Å²) in [7, 11) is 0. The van der Waals surface area contributed by atoms with Crippen LogP contribution in [0.15, 0.2) is 0 Å². The lowest BCUT2D eigenvalue weighted by Gasteiger charge is -2.44. The number of esters is 9. The minimum atomic E-state index is -1.49. The zero-order valence-electron chi connectivity index (χ0n) is 82.5. The molecule has 0 saturated carbocycles. The van der Waals surface area contributed by atoms with Crippen LogP contribution in [0.2, 0.25) is 0 Å². The maximum Gasteiger partial charge on any atom is 0.303 e. The second-order valence-corrected chi connectivity index (χ2v) is 33.8. The molecule has 10 amide bonds. The van der Waals surface area contributed by atoms with Gasteiger partial charge in [-0.05, 0) is 70.6 Å². The molecular formula is C91H148N10O39. The Kier molecular flexibility index (Phi) is 62.2. The predicted octanol–water partition coefficient (Wildman–Crippen LogP) is 0.444. The number of carbonyl (C=O) groups excluding carboxylic acids is 19. The Morgan fingerprint density at radius 3 is 0.729 bits per heavy atom. The highest BCUT2D eigenvalue weighted by atomic mass is 16.7. The fourth-order valence-corrected chi connectivity index (χ4v) is 14.7. The number of hydrogen-bond donors (Lipinski definition) is 11.